The van der Waals surface area contributed by atoms with Crippen molar-refractivity contribution in [3.63, 3.8) is 0 Å². The number of rotatable bonds is 4. The molecule has 0 N–H and O–H groups in total. The summed E-state index contributed by atoms with van der Waals surface area (Å²) in [6, 6.07) is 20.9. The molecule has 4 nitrogen and oxygen atoms in total. The van der Waals surface area contributed by atoms with Crippen LogP contribution in [0.4, 0.5) is 10.1 Å². The zero-order valence-corrected chi connectivity index (χ0v) is 17.7. The van der Waals surface area contributed by atoms with Crippen LogP contribution in [0.5, 0.6) is 0 Å². The number of carbonyl (C=O) groups is 1. The second-order valence-corrected chi connectivity index (χ2v) is 8.33. The van der Waals surface area contributed by atoms with Crippen LogP contribution in [0.25, 0.3) is 11.0 Å². The van der Waals surface area contributed by atoms with E-state index in [1.165, 1.54) is 11.6 Å². The first-order chi connectivity index (χ1) is 15.0. The van der Waals surface area contributed by atoms with Crippen molar-refractivity contribution in [1.82, 2.24) is 9.55 Å². The molecule has 31 heavy (non-hydrogen) atoms. The lowest BCUT2D eigenvalue weighted by Gasteiger charge is -2.20. The van der Waals surface area contributed by atoms with Gasteiger partial charge in [-0.15, -0.1) is 0 Å². The van der Waals surface area contributed by atoms with Crippen molar-refractivity contribution < 1.29 is 9.18 Å². The molecular weight excluding hydrogens is 389 g/mol. The molecule has 2 heterocycles. The topological polar surface area (TPSA) is 38.1 Å². The first kappa shape index (κ1) is 19.5. The summed E-state index contributed by atoms with van der Waals surface area (Å²) in [5, 5.41) is 0. The van der Waals surface area contributed by atoms with Gasteiger partial charge in [0.25, 0.3) is 0 Å². The third kappa shape index (κ3) is 3.50. The predicted molar refractivity (Wildman–Crippen MR) is 121 cm³/mol. The van der Waals surface area contributed by atoms with Crippen LogP contribution in [-0.2, 0) is 11.3 Å². The molecule has 0 aliphatic carbocycles. The van der Waals surface area contributed by atoms with E-state index in [0.717, 1.165) is 28.1 Å². The number of para-hydroxylation sites is 2. The Bertz CT molecular complexity index is 1290. The summed E-state index contributed by atoms with van der Waals surface area (Å²) in [7, 11) is 0. The number of aryl methyl sites for hydroxylation is 2. The van der Waals surface area contributed by atoms with E-state index >= 15 is 0 Å². The summed E-state index contributed by atoms with van der Waals surface area (Å²) in [5.41, 5.74) is 5.66. The number of aromatic nitrogens is 2. The van der Waals surface area contributed by atoms with Gasteiger partial charge in [0.2, 0.25) is 5.91 Å². The van der Waals surface area contributed by atoms with Crippen LogP contribution in [0.3, 0.4) is 0 Å². The smallest absolute Gasteiger partial charge is 0.227 e. The normalized spacial score (nSPS) is 16.4. The van der Waals surface area contributed by atoms with Gasteiger partial charge in [-0.3, -0.25) is 4.79 Å². The van der Waals surface area contributed by atoms with E-state index in [4.69, 9.17) is 4.98 Å². The summed E-state index contributed by atoms with van der Waals surface area (Å²) in [4.78, 5) is 19.7. The van der Waals surface area contributed by atoms with E-state index in [-0.39, 0.29) is 17.6 Å². The van der Waals surface area contributed by atoms with Crippen LogP contribution >= 0.6 is 0 Å². The minimum Gasteiger partial charge on any atom is -0.323 e. The Hall–Kier alpha value is -3.47. The standard InChI is InChI=1S/C26H24FN3O/c1-17-11-12-23(18(2)13-17)29-16-20(14-25(29)31)26-28-22-9-5-6-10-24(22)30(26)15-19-7-3-4-8-21(19)27/h3-13,20H,14-16H2,1-2H3/t20-/m0/s1. The zero-order chi connectivity index (χ0) is 21.5. The Morgan fingerprint density at radius 1 is 1.03 bits per heavy atom. The van der Waals surface area contributed by atoms with Gasteiger partial charge >= 0.3 is 0 Å². The molecule has 0 radical (unpaired) electrons. The number of anilines is 1. The van der Waals surface area contributed by atoms with Gasteiger partial charge in [0.15, 0.2) is 0 Å². The van der Waals surface area contributed by atoms with E-state index in [2.05, 4.69) is 17.6 Å². The summed E-state index contributed by atoms with van der Waals surface area (Å²) >= 11 is 0. The van der Waals surface area contributed by atoms with Crippen LogP contribution in [0.2, 0.25) is 0 Å². The molecule has 0 bridgehead atoms. The van der Waals surface area contributed by atoms with E-state index in [1.54, 1.807) is 12.1 Å². The quantitative estimate of drug-likeness (QED) is 0.452. The van der Waals surface area contributed by atoms with Crippen molar-refractivity contribution in [2.24, 2.45) is 0 Å². The Kier molecular flexibility index (Phi) is 4.81. The Balaban J connectivity index is 1.54. The average Bonchev–Trinajstić information content (AvgIpc) is 3.30. The largest absolute Gasteiger partial charge is 0.323 e. The lowest BCUT2D eigenvalue weighted by atomic mass is 10.1. The molecule has 4 aromatic rings. The van der Waals surface area contributed by atoms with Gasteiger partial charge in [0.05, 0.1) is 17.6 Å². The molecule has 1 amide bonds. The summed E-state index contributed by atoms with van der Waals surface area (Å²) in [6.45, 7) is 5.05. The highest BCUT2D eigenvalue weighted by molar-refractivity contribution is 5.97. The molecule has 0 unspecified atom stereocenters. The maximum Gasteiger partial charge on any atom is 0.227 e. The molecule has 1 fully saturated rings. The van der Waals surface area contributed by atoms with Crippen molar-refractivity contribution in [3.8, 4) is 0 Å². The van der Waals surface area contributed by atoms with Crippen molar-refractivity contribution in [2.75, 3.05) is 11.4 Å². The summed E-state index contributed by atoms with van der Waals surface area (Å²) in [5.74, 6) is 0.657. The fourth-order valence-electron chi connectivity index (χ4n) is 4.59. The van der Waals surface area contributed by atoms with E-state index in [1.807, 2.05) is 54.3 Å². The number of benzene rings is 3. The molecule has 1 aliphatic rings. The zero-order valence-electron chi connectivity index (χ0n) is 17.7. The minimum absolute atomic E-state index is 0.0487. The molecule has 1 aliphatic heterocycles. The highest BCUT2D eigenvalue weighted by Crippen LogP contribution is 2.35. The van der Waals surface area contributed by atoms with Crippen molar-refractivity contribution >= 4 is 22.6 Å². The van der Waals surface area contributed by atoms with Gasteiger partial charge in [-0.1, -0.05) is 48.0 Å². The van der Waals surface area contributed by atoms with Gasteiger partial charge < -0.3 is 9.47 Å². The lowest BCUT2D eigenvalue weighted by molar-refractivity contribution is -0.117. The second kappa shape index (κ2) is 7.65. The Labute approximate surface area is 181 Å². The molecule has 5 heteroatoms. The van der Waals surface area contributed by atoms with E-state index in [9.17, 15) is 9.18 Å². The fraction of sp³-hybridized carbons (Fsp3) is 0.231. The molecule has 5 rings (SSSR count). The highest BCUT2D eigenvalue weighted by Gasteiger charge is 2.35. The Morgan fingerprint density at radius 2 is 1.81 bits per heavy atom. The number of carbonyl (C=O) groups excluding carboxylic acids is 1. The molecule has 156 valence electrons. The van der Waals surface area contributed by atoms with Crippen molar-refractivity contribution in [1.29, 1.82) is 0 Å². The van der Waals surface area contributed by atoms with Crippen molar-refractivity contribution in [2.45, 2.75) is 32.7 Å². The van der Waals surface area contributed by atoms with E-state index < -0.39 is 0 Å². The average molecular weight is 413 g/mol. The highest BCUT2D eigenvalue weighted by atomic mass is 19.1. The van der Waals surface area contributed by atoms with Crippen LogP contribution < -0.4 is 4.90 Å². The third-order valence-corrected chi connectivity index (χ3v) is 6.10. The maximum atomic E-state index is 14.4. The van der Waals surface area contributed by atoms with Crippen LogP contribution in [0, 0.1) is 19.7 Å². The Morgan fingerprint density at radius 3 is 2.61 bits per heavy atom. The molecule has 1 aromatic heterocycles. The fourth-order valence-corrected chi connectivity index (χ4v) is 4.59. The first-order valence-electron chi connectivity index (χ1n) is 10.6. The minimum atomic E-state index is -0.231. The van der Waals surface area contributed by atoms with Gasteiger partial charge in [0, 0.05) is 30.1 Å². The lowest BCUT2D eigenvalue weighted by Crippen LogP contribution is -2.25. The molecule has 1 saturated heterocycles. The molecule has 3 aromatic carbocycles. The number of hydrogen-bond acceptors (Lipinski definition) is 2. The van der Waals surface area contributed by atoms with E-state index in [0.29, 0.717) is 25.1 Å². The van der Waals surface area contributed by atoms with Crippen LogP contribution in [-0.4, -0.2) is 22.0 Å². The molecule has 0 saturated carbocycles. The van der Waals surface area contributed by atoms with Crippen molar-refractivity contribution in [3.05, 3.63) is 95.1 Å². The number of hydrogen-bond donors (Lipinski definition) is 0. The van der Waals surface area contributed by atoms with Gasteiger partial charge in [-0.2, -0.15) is 0 Å². The number of imidazole rings is 1. The van der Waals surface area contributed by atoms with Gasteiger partial charge in [-0.25, -0.2) is 9.37 Å². The number of fused-ring (bicyclic) bond motifs is 1. The van der Waals surface area contributed by atoms with Gasteiger partial charge in [0.1, 0.15) is 11.6 Å². The summed E-state index contributed by atoms with van der Waals surface area (Å²) in [6.07, 6.45) is 0.397. The molecular formula is C26H24FN3O. The maximum absolute atomic E-state index is 14.4. The summed E-state index contributed by atoms with van der Waals surface area (Å²) < 4.78 is 16.5. The predicted octanol–water partition coefficient (Wildman–Crippen LogP) is 5.36. The SMILES string of the molecule is Cc1ccc(N2C[C@@H](c3nc4ccccc4n3Cc3ccccc3F)CC2=O)c(C)c1. The number of halogens is 1. The van der Waals surface area contributed by atoms with Crippen LogP contribution in [0.1, 0.15) is 34.9 Å². The van der Waals surface area contributed by atoms with Crippen LogP contribution in [0.15, 0.2) is 66.7 Å². The second-order valence-electron chi connectivity index (χ2n) is 8.33. The number of nitrogens with zero attached hydrogens (tertiary/aromatic N) is 3. The molecule has 0 spiro atoms. The number of amides is 1. The van der Waals surface area contributed by atoms with Gasteiger partial charge in [-0.05, 0) is 43.7 Å². The third-order valence-electron chi connectivity index (χ3n) is 6.10. The molecule has 1 atom stereocenters. The first-order valence-corrected chi connectivity index (χ1v) is 10.6. The monoisotopic (exact) mass is 413 g/mol.